The smallest absolute Gasteiger partial charge is 0.329 e. The lowest BCUT2D eigenvalue weighted by molar-refractivity contribution is -0.142. The number of carbonyl (C=O) groups excluding carboxylic acids is 2. The van der Waals surface area contributed by atoms with Crippen molar-refractivity contribution in [3.05, 3.63) is 35.9 Å². The Kier molecular flexibility index (Phi) is 8.38. The first-order chi connectivity index (χ1) is 11.0. The quantitative estimate of drug-likeness (QED) is 0.616. The molecular weight excluding hydrogens is 300 g/mol. The lowest BCUT2D eigenvalue weighted by Gasteiger charge is -2.21. The van der Waals surface area contributed by atoms with Gasteiger partial charge in [-0.2, -0.15) is 0 Å². The van der Waals surface area contributed by atoms with Crippen LogP contribution in [0.25, 0.3) is 0 Å². The fraction of sp³-hybridized carbons (Fsp3) is 0.438. The zero-order valence-electron chi connectivity index (χ0n) is 13.2. The molecule has 7 nitrogen and oxygen atoms in total. The minimum Gasteiger partial charge on any atom is -0.480 e. The van der Waals surface area contributed by atoms with Crippen LogP contribution >= 0.6 is 0 Å². The molecule has 0 saturated carbocycles. The maximum absolute atomic E-state index is 11.7. The summed E-state index contributed by atoms with van der Waals surface area (Å²) in [5.41, 5.74) is 1.00. The number of hydrogen-bond donors (Lipinski definition) is 2. The second-order valence-corrected chi connectivity index (χ2v) is 4.97. The summed E-state index contributed by atoms with van der Waals surface area (Å²) in [4.78, 5) is 35.2. The molecule has 0 aliphatic heterocycles. The Morgan fingerprint density at radius 1 is 1.22 bits per heavy atom. The van der Waals surface area contributed by atoms with E-state index < -0.39 is 5.97 Å². The standard InChI is InChI=1S/C16H22N2O5/c1-13(19)18(11-14-5-3-2-4-6-14)9-7-15(20)17-8-10-23-12-16(21)22/h2-6H,7-12H2,1H3,(H,17,20)(H,21,22). The van der Waals surface area contributed by atoms with Crippen LogP contribution in [0.2, 0.25) is 0 Å². The van der Waals surface area contributed by atoms with E-state index in [1.807, 2.05) is 30.3 Å². The van der Waals surface area contributed by atoms with Gasteiger partial charge in [0.2, 0.25) is 11.8 Å². The minimum absolute atomic E-state index is 0.0913. The molecular formula is C16H22N2O5. The van der Waals surface area contributed by atoms with Crippen molar-refractivity contribution in [3.63, 3.8) is 0 Å². The van der Waals surface area contributed by atoms with Crippen LogP contribution in [0, 0.1) is 0 Å². The highest BCUT2D eigenvalue weighted by molar-refractivity contribution is 5.78. The highest BCUT2D eigenvalue weighted by Crippen LogP contribution is 2.05. The van der Waals surface area contributed by atoms with Crippen molar-refractivity contribution in [3.8, 4) is 0 Å². The summed E-state index contributed by atoms with van der Waals surface area (Å²) in [5, 5.41) is 11.0. The van der Waals surface area contributed by atoms with Crippen molar-refractivity contribution in [2.24, 2.45) is 0 Å². The van der Waals surface area contributed by atoms with Crippen molar-refractivity contribution in [1.29, 1.82) is 0 Å². The van der Waals surface area contributed by atoms with Crippen molar-refractivity contribution in [1.82, 2.24) is 10.2 Å². The van der Waals surface area contributed by atoms with Crippen molar-refractivity contribution in [2.75, 3.05) is 26.3 Å². The van der Waals surface area contributed by atoms with Gasteiger partial charge in [0.25, 0.3) is 0 Å². The van der Waals surface area contributed by atoms with Crippen molar-refractivity contribution < 1.29 is 24.2 Å². The van der Waals surface area contributed by atoms with Crippen LogP contribution in [0.1, 0.15) is 18.9 Å². The van der Waals surface area contributed by atoms with E-state index in [2.05, 4.69) is 5.32 Å². The number of carboxylic acids is 1. The molecule has 2 N–H and O–H groups in total. The molecule has 7 heteroatoms. The third-order valence-corrected chi connectivity index (χ3v) is 3.06. The molecule has 1 aromatic carbocycles. The van der Waals surface area contributed by atoms with E-state index in [1.54, 1.807) is 4.90 Å². The first-order valence-electron chi connectivity index (χ1n) is 7.34. The summed E-state index contributed by atoms with van der Waals surface area (Å²) in [6.45, 7) is 2.26. The predicted molar refractivity (Wildman–Crippen MR) is 83.6 cm³/mol. The third-order valence-electron chi connectivity index (χ3n) is 3.06. The fourth-order valence-corrected chi connectivity index (χ4v) is 1.90. The molecule has 0 saturated heterocycles. The van der Waals surface area contributed by atoms with Gasteiger partial charge in [-0.15, -0.1) is 0 Å². The number of rotatable bonds is 10. The number of aliphatic carboxylic acids is 1. The summed E-state index contributed by atoms with van der Waals surface area (Å²) >= 11 is 0. The van der Waals surface area contributed by atoms with Gasteiger partial charge in [-0.3, -0.25) is 9.59 Å². The average molecular weight is 322 g/mol. The number of carbonyl (C=O) groups is 3. The Balaban J connectivity index is 2.28. The van der Waals surface area contributed by atoms with Crippen LogP contribution < -0.4 is 5.32 Å². The van der Waals surface area contributed by atoms with Crippen LogP contribution in [0.4, 0.5) is 0 Å². The zero-order chi connectivity index (χ0) is 17.1. The number of nitrogens with zero attached hydrogens (tertiary/aromatic N) is 1. The highest BCUT2D eigenvalue weighted by atomic mass is 16.5. The first kappa shape index (κ1) is 18.6. The van der Waals surface area contributed by atoms with Crippen LogP contribution in [0.15, 0.2) is 30.3 Å². The molecule has 1 aromatic rings. The lowest BCUT2D eigenvalue weighted by atomic mass is 10.2. The summed E-state index contributed by atoms with van der Waals surface area (Å²) in [6, 6.07) is 9.56. The summed E-state index contributed by atoms with van der Waals surface area (Å²) in [5.74, 6) is -1.34. The summed E-state index contributed by atoms with van der Waals surface area (Å²) in [7, 11) is 0. The van der Waals surface area contributed by atoms with E-state index in [9.17, 15) is 14.4 Å². The molecule has 0 fully saturated rings. The molecule has 0 aliphatic rings. The molecule has 23 heavy (non-hydrogen) atoms. The van der Waals surface area contributed by atoms with Crippen LogP contribution in [-0.2, 0) is 25.7 Å². The van der Waals surface area contributed by atoms with Gasteiger partial charge < -0.3 is 20.1 Å². The second-order valence-electron chi connectivity index (χ2n) is 4.97. The molecule has 1 rings (SSSR count). The van der Waals surface area contributed by atoms with E-state index in [-0.39, 0.29) is 38.0 Å². The Morgan fingerprint density at radius 2 is 1.91 bits per heavy atom. The highest BCUT2D eigenvalue weighted by Gasteiger charge is 2.11. The van der Waals surface area contributed by atoms with Gasteiger partial charge in [0, 0.05) is 33.0 Å². The zero-order valence-corrected chi connectivity index (χ0v) is 13.2. The van der Waals surface area contributed by atoms with Gasteiger partial charge in [0.15, 0.2) is 0 Å². The molecule has 2 amide bonds. The number of nitrogens with one attached hydrogen (secondary N) is 1. The Morgan fingerprint density at radius 3 is 2.52 bits per heavy atom. The van der Waals surface area contributed by atoms with Gasteiger partial charge in [0.1, 0.15) is 6.61 Å². The van der Waals surface area contributed by atoms with E-state index in [0.717, 1.165) is 5.56 Å². The molecule has 0 radical (unpaired) electrons. The van der Waals surface area contributed by atoms with E-state index >= 15 is 0 Å². The van der Waals surface area contributed by atoms with E-state index in [4.69, 9.17) is 9.84 Å². The number of benzene rings is 1. The third kappa shape index (κ3) is 8.57. The largest absolute Gasteiger partial charge is 0.480 e. The fourth-order valence-electron chi connectivity index (χ4n) is 1.90. The van der Waals surface area contributed by atoms with Gasteiger partial charge in [0.05, 0.1) is 6.61 Å². The first-order valence-corrected chi connectivity index (χ1v) is 7.34. The number of carboxylic acid groups (broad SMARTS) is 1. The summed E-state index contributed by atoms with van der Waals surface area (Å²) < 4.78 is 4.81. The van der Waals surface area contributed by atoms with Crippen LogP contribution in [0.5, 0.6) is 0 Å². The molecule has 0 bridgehead atoms. The maximum Gasteiger partial charge on any atom is 0.329 e. The van der Waals surface area contributed by atoms with Crippen molar-refractivity contribution >= 4 is 17.8 Å². The van der Waals surface area contributed by atoms with Gasteiger partial charge in [-0.1, -0.05) is 30.3 Å². The molecule has 0 aliphatic carbocycles. The molecule has 0 unspecified atom stereocenters. The number of amides is 2. The topological polar surface area (TPSA) is 95.9 Å². The monoisotopic (exact) mass is 322 g/mol. The summed E-state index contributed by atoms with van der Waals surface area (Å²) in [6.07, 6.45) is 0.186. The van der Waals surface area contributed by atoms with Crippen molar-refractivity contribution in [2.45, 2.75) is 19.9 Å². The number of ether oxygens (including phenoxy) is 1. The predicted octanol–water partition coefficient (Wildman–Crippen LogP) is 0.643. The second kappa shape index (κ2) is 10.3. The van der Waals surface area contributed by atoms with Gasteiger partial charge in [-0.25, -0.2) is 4.79 Å². The molecule has 0 spiro atoms. The maximum atomic E-state index is 11.7. The molecule has 126 valence electrons. The van der Waals surface area contributed by atoms with Crippen LogP contribution in [0.3, 0.4) is 0 Å². The Hall–Kier alpha value is -2.41. The normalized spacial score (nSPS) is 10.1. The molecule has 0 aromatic heterocycles. The minimum atomic E-state index is -1.05. The van der Waals surface area contributed by atoms with Gasteiger partial charge >= 0.3 is 5.97 Å². The molecule has 0 heterocycles. The van der Waals surface area contributed by atoms with E-state index in [1.165, 1.54) is 6.92 Å². The van der Waals surface area contributed by atoms with Crippen LogP contribution in [-0.4, -0.2) is 54.1 Å². The Labute approximate surface area is 135 Å². The van der Waals surface area contributed by atoms with E-state index in [0.29, 0.717) is 13.1 Å². The SMILES string of the molecule is CC(=O)N(CCC(=O)NCCOCC(=O)O)Cc1ccccc1. The number of hydrogen-bond acceptors (Lipinski definition) is 4. The Bertz CT molecular complexity index is 518. The average Bonchev–Trinajstić information content (AvgIpc) is 2.51. The molecule has 0 atom stereocenters. The lowest BCUT2D eigenvalue weighted by Crippen LogP contribution is -2.34. The van der Waals surface area contributed by atoms with Gasteiger partial charge in [-0.05, 0) is 5.56 Å².